The molecular formula is C28H41N3O5S. The smallest absolute Gasteiger partial charge is 0.242 e. The molecule has 1 atom stereocenters. The van der Waals surface area contributed by atoms with Crippen LogP contribution in [0.25, 0.3) is 0 Å². The van der Waals surface area contributed by atoms with E-state index in [1.807, 2.05) is 52.0 Å². The van der Waals surface area contributed by atoms with Crippen LogP contribution >= 0.6 is 0 Å². The van der Waals surface area contributed by atoms with Crippen molar-refractivity contribution in [2.45, 2.75) is 59.5 Å². The molecule has 0 aliphatic heterocycles. The van der Waals surface area contributed by atoms with Crippen molar-refractivity contribution in [2.75, 3.05) is 30.8 Å². The molecule has 9 heteroatoms. The first kappa shape index (κ1) is 30.2. The maximum absolute atomic E-state index is 13.5. The number of benzene rings is 2. The number of amides is 2. The van der Waals surface area contributed by atoms with Crippen LogP contribution in [0, 0.1) is 12.8 Å². The molecule has 2 aromatic rings. The summed E-state index contributed by atoms with van der Waals surface area (Å²) in [5.41, 5.74) is 2.49. The standard InChI is InChI=1S/C28H41N3O5S/c1-7-26(28(33)29-19-21(2)3)30(20-23-13-9-8-12-22(23)4)27(32)16-11-17-31(37(6,34)35)24-14-10-15-25(18-24)36-5/h8-10,12-15,18,21,26H,7,11,16-17,19-20H2,1-6H3,(H,29,33)/t26-/m1/s1. The zero-order valence-corrected chi connectivity index (χ0v) is 23.7. The Bertz CT molecular complexity index is 1150. The molecule has 1 N–H and O–H groups in total. The Hall–Kier alpha value is -3.07. The molecule has 0 bridgehead atoms. The molecule has 2 aromatic carbocycles. The van der Waals surface area contributed by atoms with Gasteiger partial charge in [-0.05, 0) is 48.9 Å². The summed E-state index contributed by atoms with van der Waals surface area (Å²) in [6.07, 6.45) is 2.03. The van der Waals surface area contributed by atoms with Crippen LogP contribution in [0.1, 0.15) is 51.2 Å². The molecule has 0 aliphatic rings. The van der Waals surface area contributed by atoms with Gasteiger partial charge in [0, 0.05) is 32.1 Å². The molecule has 0 spiro atoms. The lowest BCUT2D eigenvalue weighted by atomic mass is 10.0. The van der Waals surface area contributed by atoms with Crippen LogP contribution in [-0.4, -0.2) is 57.6 Å². The number of methoxy groups -OCH3 is 1. The first-order chi connectivity index (χ1) is 17.5. The lowest BCUT2D eigenvalue weighted by molar-refractivity contribution is -0.141. The van der Waals surface area contributed by atoms with Crippen LogP contribution in [0.5, 0.6) is 5.75 Å². The molecule has 37 heavy (non-hydrogen) atoms. The molecule has 2 rings (SSSR count). The Kier molecular flexibility index (Phi) is 11.4. The number of hydrogen-bond donors (Lipinski definition) is 1. The van der Waals surface area contributed by atoms with Crippen molar-refractivity contribution in [1.29, 1.82) is 0 Å². The molecule has 0 radical (unpaired) electrons. The van der Waals surface area contributed by atoms with Crippen molar-refractivity contribution in [2.24, 2.45) is 5.92 Å². The number of nitrogens with one attached hydrogen (secondary N) is 1. The van der Waals surface area contributed by atoms with Gasteiger partial charge >= 0.3 is 0 Å². The van der Waals surface area contributed by atoms with Crippen molar-refractivity contribution >= 4 is 27.5 Å². The van der Waals surface area contributed by atoms with E-state index in [-0.39, 0.29) is 24.8 Å². The van der Waals surface area contributed by atoms with Gasteiger partial charge in [-0.15, -0.1) is 0 Å². The van der Waals surface area contributed by atoms with Gasteiger partial charge in [0.05, 0.1) is 19.1 Å². The number of carbonyl (C=O) groups excluding carboxylic acids is 2. The summed E-state index contributed by atoms with van der Waals surface area (Å²) in [4.78, 5) is 28.2. The molecule has 0 saturated carbocycles. The SMILES string of the molecule is CC[C@H](C(=O)NCC(C)C)N(Cc1ccccc1C)C(=O)CCCN(c1cccc(OC)c1)S(C)(=O)=O. The van der Waals surface area contributed by atoms with Gasteiger partial charge in [0.1, 0.15) is 11.8 Å². The van der Waals surface area contributed by atoms with E-state index in [2.05, 4.69) is 5.32 Å². The largest absolute Gasteiger partial charge is 0.497 e. The topological polar surface area (TPSA) is 96.0 Å². The first-order valence-electron chi connectivity index (χ1n) is 12.7. The van der Waals surface area contributed by atoms with Crippen molar-refractivity contribution in [1.82, 2.24) is 10.2 Å². The molecule has 0 fully saturated rings. The average molecular weight is 532 g/mol. The van der Waals surface area contributed by atoms with Crippen LogP contribution in [0.2, 0.25) is 0 Å². The number of aryl methyl sites for hydroxylation is 1. The Labute approximate surface area is 222 Å². The van der Waals surface area contributed by atoms with E-state index < -0.39 is 16.1 Å². The number of ether oxygens (including phenoxy) is 1. The van der Waals surface area contributed by atoms with Crippen LogP contribution in [0.15, 0.2) is 48.5 Å². The number of hydrogen-bond acceptors (Lipinski definition) is 5. The van der Waals surface area contributed by atoms with Gasteiger partial charge in [0.25, 0.3) is 0 Å². The van der Waals surface area contributed by atoms with Crippen molar-refractivity contribution in [3.63, 3.8) is 0 Å². The normalized spacial score (nSPS) is 12.2. The molecule has 0 saturated heterocycles. The zero-order chi connectivity index (χ0) is 27.6. The predicted molar refractivity (Wildman–Crippen MR) is 148 cm³/mol. The molecule has 0 aliphatic carbocycles. The van der Waals surface area contributed by atoms with Crippen LogP contribution in [0.3, 0.4) is 0 Å². The summed E-state index contributed by atoms with van der Waals surface area (Å²) in [5.74, 6) is 0.478. The lowest BCUT2D eigenvalue weighted by Crippen LogP contribution is -2.49. The quantitative estimate of drug-likeness (QED) is 0.396. The summed E-state index contributed by atoms with van der Waals surface area (Å²) in [5, 5.41) is 2.96. The van der Waals surface area contributed by atoms with E-state index >= 15 is 0 Å². The van der Waals surface area contributed by atoms with Gasteiger partial charge in [0.2, 0.25) is 21.8 Å². The fraction of sp³-hybridized carbons (Fsp3) is 0.500. The molecule has 0 aromatic heterocycles. The van der Waals surface area contributed by atoms with Gasteiger partial charge in [-0.25, -0.2) is 8.42 Å². The Morgan fingerprint density at radius 1 is 1.08 bits per heavy atom. The van der Waals surface area contributed by atoms with Crippen molar-refractivity contribution < 1.29 is 22.7 Å². The maximum atomic E-state index is 13.5. The minimum absolute atomic E-state index is 0.107. The highest BCUT2D eigenvalue weighted by molar-refractivity contribution is 7.92. The number of rotatable bonds is 14. The van der Waals surface area contributed by atoms with Crippen LogP contribution in [0.4, 0.5) is 5.69 Å². The number of carbonyl (C=O) groups is 2. The van der Waals surface area contributed by atoms with Crippen LogP contribution in [-0.2, 0) is 26.2 Å². The predicted octanol–water partition coefficient (Wildman–Crippen LogP) is 4.13. The van der Waals surface area contributed by atoms with Gasteiger partial charge in [0.15, 0.2) is 0 Å². The number of anilines is 1. The highest BCUT2D eigenvalue weighted by Gasteiger charge is 2.29. The van der Waals surface area contributed by atoms with E-state index in [4.69, 9.17) is 4.74 Å². The van der Waals surface area contributed by atoms with Gasteiger partial charge in [-0.1, -0.05) is 51.1 Å². The summed E-state index contributed by atoms with van der Waals surface area (Å²) in [7, 11) is -2.06. The average Bonchev–Trinajstić information content (AvgIpc) is 2.85. The fourth-order valence-corrected chi connectivity index (χ4v) is 5.04. The summed E-state index contributed by atoms with van der Waals surface area (Å²) >= 11 is 0. The van der Waals surface area contributed by atoms with Gasteiger partial charge < -0.3 is 15.0 Å². The summed E-state index contributed by atoms with van der Waals surface area (Å²) in [6.45, 7) is 8.89. The molecular weight excluding hydrogens is 490 g/mol. The number of nitrogens with zero attached hydrogens (tertiary/aromatic N) is 2. The van der Waals surface area contributed by atoms with E-state index in [0.29, 0.717) is 43.3 Å². The van der Waals surface area contributed by atoms with E-state index in [0.717, 1.165) is 17.4 Å². The third-order valence-corrected chi connectivity index (χ3v) is 7.36. The second-order valence-electron chi connectivity index (χ2n) is 9.65. The van der Waals surface area contributed by atoms with Crippen molar-refractivity contribution in [3.8, 4) is 5.75 Å². The number of sulfonamides is 1. The minimum atomic E-state index is -3.58. The molecule has 8 nitrogen and oxygen atoms in total. The minimum Gasteiger partial charge on any atom is -0.497 e. The Morgan fingerprint density at radius 2 is 1.78 bits per heavy atom. The first-order valence-corrected chi connectivity index (χ1v) is 14.6. The van der Waals surface area contributed by atoms with Gasteiger partial charge in [-0.3, -0.25) is 13.9 Å². The third kappa shape index (κ3) is 9.07. The fourth-order valence-electron chi connectivity index (χ4n) is 4.08. The van der Waals surface area contributed by atoms with Gasteiger partial charge in [-0.2, -0.15) is 0 Å². The van der Waals surface area contributed by atoms with E-state index in [9.17, 15) is 18.0 Å². The molecule has 0 unspecified atom stereocenters. The highest BCUT2D eigenvalue weighted by Crippen LogP contribution is 2.24. The summed E-state index contributed by atoms with van der Waals surface area (Å²) < 4.78 is 31.6. The molecule has 0 heterocycles. The maximum Gasteiger partial charge on any atom is 0.242 e. The molecule has 204 valence electrons. The lowest BCUT2D eigenvalue weighted by Gasteiger charge is -2.31. The summed E-state index contributed by atoms with van der Waals surface area (Å²) in [6, 6.07) is 14.0. The molecule has 2 amide bonds. The zero-order valence-electron chi connectivity index (χ0n) is 22.9. The van der Waals surface area contributed by atoms with E-state index in [1.54, 1.807) is 29.2 Å². The second kappa shape index (κ2) is 14.0. The van der Waals surface area contributed by atoms with Crippen LogP contribution < -0.4 is 14.4 Å². The Morgan fingerprint density at radius 3 is 2.38 bits per heavy atom. The van der Waals surface area contributed by atoms with E-state index in [1.165, 1.54) is 11.4 Å². The highest BCUT2D eigenvalue weighted by atomic mass is 32.2. The van der Waals surface area contributed by atoms with Crippen molar-refractivity contribution in [3.05, 3.63) is 59.7 Å². The third-order valence-electron chi connectivity index (χ3n) is 6.17. The Balaban J connectivity index is 2.23. The monoisotopic (exact) mass is 531 g/mol. The second-order valence-corrected chi connectivity index (χ2v) is 11.6.